The van der Waals surface area contributed by atoms with Crippen LogP contribution in [-0.2, 0) is 11.2 Å². The molecule has 0 aromatic heterocycles. The lowest BCUT2D eigenvalue weighted by Gasteiger charge is -2.27. The smallest absolute Gasteiger partial charge is 0.163 e. The van der Waals surface area contributed by atoms with Crippen LogP contribution < -0.4 is 0 Å². The van der Waals surface area contributed by atoms with Gasteiger partial charge in [-0.25, -0.2) is 0 Å². The summed E-state index contributed by atoms with van der Waals surface area (Å²) in [6.07, 6.45) is 0.609. The predicted octanol–water partition coefficient (Wildman–Crippen LogP) is 6.64. The molecule has 2 heteroatoms. The van der Waals surface area contributed by atoms with Crippen LogP contribution in [0, 0.1) is 0 Å². The largest absolute Gasteiger partial charge is 0.299 e. The summed E-state index contributed by atoms with van der Waals surface area (Å²) in [6.45, 7) is 0. The topological polar surface area (TPSA) is 34.1 Å². The van der Waals surface area contributed by atoms with Crippen molar-refractivity contribution in [3.05, 3.63) is 144 Å². The van der Waals surface area contributed by atoms with Gasteiger partial charge in [-0.1, -0.05) is 121 Å². The summed E-state index contributed by atoms with van der Waals surface area (Å²) >= 11 is 0. The van der Waals surface area contributed by atoms with E-state index in [1.807, 2.05) is 121 Å². The first-order valence-corrected chi connectivity index (χ1v) is 11.0. The van der Waals surface area contributed by atoms with E-state index < -0.39 is 5.92 Å². The molecule has 0 aliphatic carbocycles. The van der Waals surface area contributed by atoms with Crippen molar-refractivity contribution in [2.75, 3.05) is 0 Å². The summed E-state index contributed by atoms with van der Waals surface area (Å²) in [4.78, 5) is 27.0. The first kappa shape index (κ1) is 21.5. The molecule has 0 radical (unpaired) electrons. The molecule has 0 bridgehead atoms. The van der Waals surface area contributed by atoms with E-state index in [1.54, 1.807) is 0 Å². The van der Waals surface area contributed by atoms with Gasteiger partial charge in [-0.2, -0.15) is 0 Å². The molecule has 0 amide bonds. The lowest BCUT2D eigenvalue weighted by molar-refractivity contribution is -0.120. The molecule has 4 rings (SSSR count). The summed E-state index contributed by atoms with van der Waals surface area (Å²) < 4.78 is 0. The average Bonchev–Trinajstić information content (AvgIpc) is 2.86. The lowest BCUT2D eigenvalue weighted by atomic mass is 9.74. The van der Waals surface area contributed by atoms with Gasteiger partial charge in [-0.3, -0.25) is 9.59 Å². The van der Waals surface area contributed by atoms with Crippen LogP contribution in [0.4, 0.5) is 0 Å². The highest BCUT2D eigenvalue weighted by atomic mass is 16.1. The molecule has 2 nitrogen and oxygen atoms in total. The number of hydrogen-bond donors (Lipinski definition) is 0. The maximum absolute atomic E-state index is 13.7. The Bertz CT molecular complexity index is 1140. The Balaban J connectivity index is 1.74. The van der Waals surface area contributed by atoms with Gasteiger partial charge in [-0.05, 0) is 16.7 Å². The van der Waals surface area contributed by atoms with Gasteiger partial charge in [0, 0.05) is 24.3 Å². The van der Waals surface area contributed by atoms with Crippen molar-refractivity contribution in [3.63, 3.8) is 0 Å². The second-order valence-electron chi connectivity index (χ2n) is 8.03. The zero-order chi connectivity index (χ0) is 22.2. The maximum atomic E-state index is 13.7. The minimum Gasteiger partial charge on any atom is -0.299 e. The van der Waals surface area contributed by atoms with Crippen LogP contribution in [-0.4, -0.2) is 11.6 Å². The van der Waals surface area contributed by atoms with Gasteiger partial charge in [0.2, 0.25) is 0 Å². The van der Waals surface area contributed by atoms with E-state index in [1.165, 1.54) is 0 Å². The summed E-state index contributed by atoms with van der Waals surface area (Å²) in [5.41, 5.74) is 3.62. The number of ketones is 2. The molecule has 2 atom stereocenters. The monoisotopic (exact) mass is 418 g/mol. The molecule has 0 N–H and O–H groups in total. The van der Waals surface area contributed by atoms with Gasteiger partial charge < -0.3 is 0 Å². The normalized spacial score (nSPS) is 12.6. The minimum atomic E-state index is -0.411. The highest BCUT2D eigenvalue weighted by Gasteiger charge is 2.32. The summed E-state index contributed by atoms with van der Waals surface area (Å²) in [7, 11) is 0. The molecule has 0 fully saturated rings. The standard InChI is InChI=1S/C30H26O2/c31-28(25-17-9-3-10-18-25)22-27(24-15-7-2-8-16-24)30(26-19-11-4-12-20-26)29(32)21-23-13-5-1-6-14-23/h1-20,27,30H,21-22H2/t27-,30-/m0/s1. The highest BCUT2D eigenvalue weighted by molar-refractivity contribution is 5.97. The van der Waals surface area contributed by atoms with Gasteiger partial charge in [0.05, 0.1) is 5.92 Å². The Morgan fingerprint density at radius 3 is 1.59 bits per heavy atom. The van der Waals surface area contributed by atoms with Crippen LogP contribution in [0.3, 0.4) is 0 Å². The van der Waals surface area contributed by atoms with E-state index in [2.05, 4.69) is 0 Å². The number of carbonyl (C=O) groups excluding carboxylic acids is 2. The summed E-state index contributed by atoms with van der Waals surface area (Å²) in [5.74, 6) is -0.487. The molecule has 0 unspecified atom stereocenters. The zero-order valence-electron chi connectivity index (χ0n) is 17.9. The molecule has 0 heterocycles. The fourth-order valence-electron chi connectivity index (χ4n) is 4.28. The van der Waals surface area contributed by atoms with E-state index in [0.29, 0.717) is 12.0 Å². The van der Waals surface area contributed by atoms with E-state index in [9.17, 15) is 9.59 Å². The first-order chi connectivity index (χ1) is 15.7. The van der Waals surface area contributed by atoms with E-state index in [4.69, 9.17) is 0 Å². The average molecular weight is 419 g/mol. The van der Waals surface area contributed by atoms with E-state index in [0.717, 1.165) is 16.7 Å². The first-order valence-electron chi connectivity index (χ1n) is 11.0. The van der Waals surface area contributed by atoms with Gasteiger partial charge >= 0.3 is 0 Å². The Morgan fingerprint density at radius 2 is 1.03 bits per heavy atom. The lowest BCUT2D eigenvalue weighted by Crippen LogP contribution is -2.24. The SMILES string of the molecule is O=C(C[C@@H](c1ccccc1)[C@@H](C(=O)Cc1ccccc1)c1ccccc1)c1ccccc1. The van der Waals surface area contributed by atoms with Crippen LogP contribution in [0.5, 0.6) is 0 Å². The van der Waals surface area contributed by atoms with Crippen molar-refractivity contribution in [1.82, 2.24) is 0 Å². The Hall–Kier alpha value is -3.78. The van der Waals surface area contributed by atoms with Gasteiger partial charge in [-0.15, -0.1) is 0 Å². The quantitative estimate of drug-likeness (QED) is 0.286. The Kier molecular flexibility index (Phi) is 7.04. The molecule has 158 valence electrons. The number of benzene rings is 4. The third-order valence-electron chi connectivity index (χ3n) is 5.86. The molecule has 4 aromatic rings. The third-order valence-corrected chi connectivity index (χ3v) is 5.86. The number of hydrogen-bond acceptors (Lipinski definition) is 2. The Morgan fingerprint density at radius 1 is 0.562 bits per heavy atom. The fourth-order valence-corrected chi connectivity index (χ4v) is 4.28. The molecule has 0 aliphatic heterocycles. The van der Waals surface area contributed by atoms with E-state index in [-0.39, 0.29) is 23.9 Å². The van der Waals surface area contributed by atoms with Crippen molar-refractivity contribution >= 4 is 11.6 Å². The van der Waals surface area contributed by atoms with Crippen LogP contribution >= 0.6 is 0 Å². The van der Waals surface area contributed by atoms with Crippen LogP contribution in [0.1, 0.15) is 45.3 Å². The number of carbonyl (C=O) groups is 2. The molecule has 0 saturated heterocycles. The second-order valence-corrected chi connectivity index (χ2v) is 8.03. The molecular formula is C30H26O2. The van der Waals surface area contributed by atoms with Crippen molar-refractivity contribution in [3.8, 4) is 0 Å². The Labute approximate surface area is 189 Å². The van der Waals surface area contributed by atoms with Crippen molar-refractivity contribution in [2.24, 2.45) is 0 Å². The van der Waals surface area contributed by atoms with Gasteiger partial charge in [0.1, 0.15) is 5.78 Å². The van der Waals surface area contributed by atoms with Gasteiger partial charge in [0.15, 0.2) is 5.78 Å². The van der Waals surface area contributed by atoms with Crippen molar-refractivity contribution < 1.29 is 9.59 Å². The fraction of sp³-hybridized carbons (Fsp3) is 0.133. The van der Waals surface area contributed by atoms with Crippen molar-refractivity contribution in [1.29, 1.82) is 0 Å². The van der Waals surface area contributed by atoms with Crippen LogP contribution in [0.25, 0.3) is 0 Å². The third kappa shape index (κ3) is 5.28. The van der Waals surface area contributed by atoms with Crippen LogP contribution in [0.15, 0.2) is 121 Å². The van der Waals surface area contributed by atoms with E-state index >= 15 is 0 Å². The van der Waals surface area contributed by atoms with Crippen molar-refractivity contribution in [2.45, 2.75) is 24.7 Å². The molecule has 32 heavy (non-hydrogen) atoms. The van der Waals surface area contributed by atoms with Gasteiger partial charge in [0.25, 0.3) is 0 Å². The minimum absolute atomic E-state index is 0.0490. The molecule has 0 saturated carbocycles. The summed E-state index contributed by atoms with van der Waals surface area (Å²) in [6, 6.07) is 39.0. The molecule has 4 aromatic carbocycles. The summed E-state index contributed by atoms with van der Waals surface area (Å²) in [5, 5.41) is 0. The molecular weight excluding hydrogens is 392 g/mol. The predicted molar refractivity (Wildman–Crippen MR) is 129 cm³/mol. The number of Topliss-reactive ketones (excluding diaryl/α,β-unsaturated/α-hetero) is 2. The van der Waals surface area contributed by atoms with Crippen LogP contribution in [0.2, 0.25) is 0 Å². The maximum Gasteiger partial charge on any atom is 0.163 e. The highest BCUT2D eigenvalue weighted by Crippen LogP contribution is 2.38. The number of rotatable bonds is 9. The zero-order valence-corrected chi connectivity index (χ0v) is 17.9. The second kappa shape index (κ2) is 10.5. The molecule has 0 aliphatic rings. The molecule has 0 spiro atoms.